The maximum atomic E-state index is 12.0. The van der Waals surface area contributed by atoms with Crippen LogP contribution in [0.15, 0.2) is 24.3 Å². The number of nitriles is 1. The average molecular weight is 348 g/mol. The van der Waals surface area contributed by atoms with E-state index in [1.807, 2.05) is 6.07 Å². The number of carbonyl (C=O) groups excluding carboxylic acids is 1. The van der Waals surface area contributed by atoms with Gasteiger partial charge in [0.15, 0.2) is 11.2 Å². The number of thiocarbonyl (C=S) groups is 1. The number of ether oxygens (including phenoxy) is 2. The smallest absolute Gasteiger partial charge is 0.279 e. The highest BCUT2D eigenvalue weighted by Crippen LogP contribution is 2.13. The number of nitrogens with zero attached hydrogens (tertiary/aromatic N) is 1. The Hall–Kier alpha value is -2.37. The van der Waals surface area contributed by atoms with Crippen LogP contribution in [0.25, 0.3) is 0 Å². The average Bonchev–Trinajstić information content (AvgIpc) is 3.12. The molecule has 2 atom stereocenters. The maximum Gasteiger partial charge on any atom is 0.279 e. The molecule has 24 heavy (non-hydrogen) atoms. The van der Waals surface area contributed by atoms with Crippen molar-refractivity contribution in [2.24, 2.45) is 0 Å². The molecule has 0 saturated carbocycles. The molecule has 1 aromatic rings. The third-order valence-corrected chi connectivity index (χ3v) is 3.73. The van der Waals surface area contributed by atoms with Crippen LogP contribution in [-0.2, 0) is 9.53 Å². The minimum absolute atomic E-state index is 0.166. The quantitative estimate of drug-likeness (QED) is 0.540. The van der Waals surface area contributed by atoms with Crippen LogP contribution in [0.5, 0.6) is 5.75 Å². The summed E-state index contributed by atoms with van der Waals surface area (Å²) in [5.41, 5.74) is 5.65. The Morgan fingerprint density at radius 2 is 2.21 bits per heavy atom. The van der Waals surface area contributed by atoms with Crippen LogP contribution in [-0.4, -0.2) is 36.4 Å². The van der Waals surface area contributed by atoms with Crippen LogP contribution in [0, 0.1) is 11.3 Å². The summed E-state index contributed by atoms with van der Waals surface area (Å²) in [7, 11) is 0. The molecule has 2 rings (SSSR count). The summed E-state index contributed by atoms with van der Waals surface area (Å²) >= 11 is 5.09. The molecule has 0 aromatic heterocycles. The third kappa shape index (κ3) is 5.68. The number of hydrazine groups is 1. The predicted molar refractivity (Wildman–Crippen MR) is 92.1 cm³/mol. The molecule has 8 heteroatoms. The van der Waals surface area contributed by atoms with Gasteiger partial charge in [-0.25, -0.2) is 0 Å². The van der Waals surface area contributed by atoms with E-state index >= 15 is 0 Å². The summed E-state index contributed by atoms with van der Waals surface area (Å²) in [6.07, 6.45) is 1.52. The molecule has 1 fully saturated rings. The van der Waals surface area contributed by atoms with Gasteiger partial charge in [0.2, 0.25) is 0 Å². The number of carbonyl (C=O) groups is 1. The summed E-state index contributed by atoms with van der Waals surface area (Å²) in [4.78, 5) is 12.0. The number of benzene rings is 1. The van der Waals surface area contributed by atoms with Gasteiger partial charge >= 0.3 is 0 Å². The van der Waals surface area contributed by atoms with Crippen molar-refractivity contribution in [3.63, 3.8) is 0 Å². The zero-order chi connectivity index (χ0) is 17.4. The minimum atomic E-state index is -0.716. The topological polar surface area (TPSA) is 95.4 Å². The molecule has 1 aliphatic heterocycles. The van der Waals surface area contributed by atoms with Crippen molar-refractivity contribution in [1.29, 1.82) is 5.26 Å². The summed E-state index contributed by atoms with van der Waals surface area (Å²) < 4.78 is 11.0. The number of hydrogen-bond donors (Lipinski definition) is 3. The standard InChI is InChI=1S/C16H20N4O3S/c1-11(23-13-6-4-12(9-17)5-7-13)15(21)19-20-16(24)18-10-14-3-2-8-22-14/h4-7,11,14H,2-3,8,10H2,1H3,(H,19,21)(H2,18,20,24)/t11-,14+/m1/s1. The normalized spacial score (nSPS) is 17.4. The Balaban J connectivity index is 1.68. The van der Waals surface area contributed by atoms with E-state index in [2.05, 4.69) is 16.2 Å². The summed E-state index contributed by atoms with van der Waals surface area (Å²) in [6, 6.07) is 8.56. The first-order chi connectivity index (χ1) is 11.6. The second-order valence-electron chi connectivity index (χ2n) is 5.36. The fourth-order valence-corrected chi connectivity index (χ4v) is 2.28. The molecule has 3 N–H and O–H groups in total. The molecule has 1 amide bonds. The first kappa shape index (κ1) is 18.0. The number of hydrogen-bond acceptors (Lipinski definition) is 5. The first-order valence-corrected chi connectivity index (χ1v) is 8.11. The molecule has 1 heterocycles. The second kappa shape index (κ2) is 9.05. The highest BCUT2D eigenvalue weighted by Gasteiger charge is 2.17. The Labute approximate surface area is 146 Å². The Bertz CT molecular complexity index is 609. The molecule has 1 aliphatic rings. The van der Waals surface area contributed by atoms with Crippen LogP contribution >= 0.6 is 12.2 Å². The Kier molecular flexibility index (Phi) is 6.78. The lowest BCUT2D eigenvalue weighted by Crippen LogP contribution is -2.51. The van der Waals surface area contributed by atoms with Crippen LogP contribution in [0.1, 0.15) is 25.3 Å². The number of rotatable bonds is 5. The van der Waals surface area contributed by atoms with Gasteiger partial charge in [-0.1, -0.05) is 0 Å². The summed E-state index contributed by atoms with van der Waals surface area (Å²) in [5, 5.41) is 12.1. The lowest BCUT2D eigenvalue weighted by molar-refractivity contribution is -0.127. The molecular weight excluding hydrogens is 328 g/mol. The molecule has 0 spiro atoms. The van der Waals surface area contributed by atoms with E-state index in [1.54, 1.807) is 31.2 Å². The van der Waals surface area contributed by atoms with Crippen LogP contribution < -0.4 is 20.9 Å². The highest BCUT2D eigenvalue weighted by atomic mass is 32.1. The number of nitrogens with one attached hydrogen (secondary N) is 3. The van der Waals surface area contributed by atoms with E-state index < -0.39 is 6.10 Å². The monoisotopic (exact) mass is 348 g/mol. The van der Waals surface area contributed by atoms with Crippen molar-refractivity contribution >= 4 is 23.2 Å². The molecule has 0 bridgehead atoms. The molecule has 128 valence electrons. The van der Waals surface area contributed by atoms with Crippen molar-refractivity contribution in [3.8, 4) is 11.8 Å². The molecule has 1 saturated heterocycles. The first-order valence-electron chi connectivity index (χ1n) is 7.70. The predicted octanol–water partition coefficient (Wildman–Crippen LogP) is 1.000. The zero-order valence-electron chi connectivity index (χ0n) is 13.4. The molecule has 7 nitrogen and oxygen atoms in total. The van der Waals surface area contributed by atoms with Gasteiger partial charge in [0.25, 0.3) is 5.91 Å². The van der Waals surface area contributed by atoms with E-state index in [4.69, 9.17) is 27.0 Å². The van der Waals surface area contributed by atoms with Gasteiger partial charge in [-0.15, -0.1) is 0 Å². The minimum Gasteiger partial charge on any atom is -0.481 e. The van der Waals surface area contributed by atoms with Crippen molar-refractivity contribution in [1.82, 2.24) is 16.2 Å². The molecule has 0 unspecified atom stereocenters. The van der Waals surface area contributed by atoms with E-state index in [1.165, 1.54) is 0 Å². The maximum absolute atomic E-state index is 12.0. The van der Waals surface area contributed by atoms with Crippen molar-refractivity contribution in [2.45, 2.75) is 32.0 Å². The Morgan fingerprint density at radius 3 is 2.83 bits per heavy atom. The van der Waals surface area contributed by atoms with E-state index in [-0.39, 0.29) is 12.0 Å². The fourth-order valence-electron chi connectivity index (χ4n) is 2.14. The fraction of sp³-hybridized carbons (Fsp3) is 0.438. The molecule has 0 radical (unpaired) electrons. The summed E-state index contributed by atoms with van der Waals surface area (Å²) in [6.45, 7) is 3.02. The van der Waals surface area contributed by atoms with Crippen LogP contribution in [0.2, 0.25) is 0 Å². The van der Waals surface area contributed by atoms with Crippen molar-refractivity contribution in [3.05, 3.63) is 29.8 Å². The highest BCUT2D eigenvalue weighted by molar-refractivity contribution is 7.80. The van der Waals surface area contributed by atoms with E-state index in [0.717, 1.165) is 19.4 Å². The second-order valence-corrected chi connectivity index (χ2v) is 5.76. The zero-order valence-corrected chi connectivity index (χ0v) is 14.2. The van der Waals surface area contributed by atoms with Gasteiger partial charge in [-0.3, -0.25) is 15.6 Å². The van der Waals surface area contributed by atoms with E-state index in [9.17, 15) is 4.79 Å². The molecular formula is C16H20N4O3S. The van der Waals surface area contributed by atoms with Gasteiger partial charge in [0.1, 0.15) is 5.75 Å². The van der Waals surface area contributed by atoms with Gasteiger partial charge in [0, 0.05) is 13.2 Å². The third-order valence-electron chi connectivity index (χ3n) is 3.48. The van der Waals surface area contributed by atoms with Gasteiger partial charge in [-0.2, -0.15) is 5.26 Å². The summed E-state index contributed by atoms with van der Waals surface area (Å²) in [5.74, 6) is 0.149. The van der Waals surface area contributed by atoms with Crippen LogP contribution in [0.4, 0.5) is 0 Å². The van der Waals surface area contributed by atoms with Crippen molar-refractivity contribution < 1.29 is 14.3 Å². The van der Waals surface area contributed by atoms with Gasteiger partial charge < -0.3 is 14.8 Å². The van der Waals surface area contributed by atoms with E-state index in [0.29, 0.717) is 23.0 Å². The molecule has 0 aliphatic carbocycles. The SMILES string of the molecule is C[C@@H](Oc1ccc(C#N)cc1)C(=O)NNC(=S)NC[C@@H]1CCCO1. The van der Waals surface area contributed by atoms with Crippen LogP contribution in [0.3, 0.4) is 0 Å². The lowest BCUT2D eigenvalue weighted by Gasteiger charge is -2.17. The van der Waals surface area contributed by atoms with Gasteiger partial charge in [0.05, 0.1) is 17.7 Å². The van der Waals surface area contributed by atoms with Gasteiger partial charge in [-0.05, 0) is 56.2 Å². The van der Waals surface area contributed by atoms with Crippen molar-refractivity contribution in [2.75, 3.05) is 13.2 Å². The molecule has 1 aromatic carbocycles. The number of amides is 1. The lowest BCUT2D eigenvalue weighted by atomic mass is 10.2. The largest absolute Gasteiger partial charge is 0.481 e. The Morgan fingerprint density at radius 1 is 1.46 bits per heavy atom.